The highest BCUT2D eigenvalue weighted by Crippen LogP contribution is 2.32. The lowest BCUT2D eigenvalue weighted by atomic mass is 10.2. The first-order chi connectivity index (χ1) is 16.3. The number of benzene rings is 2. The van der Waals surface area contributed by atoms with Crippen LogP contribution in [0.1, 0.15) is 21.7 Å². The van der Waals surface area contributed by atoms with Crippen LogP contribution in [0.3, 0.4) is 0 Å². The first kappa shape index (κ1) is 21.6. The first-order valence-corrected chi connectivity index (χ1v) is 10.3. The van der Waals surface area contributed by atoms with Gasteiger partial charge in [0.1, 0.15) is 12.4 Å². The minimum absolute atomic E-state index is 0.0571. The summed E-state index contributed by atoms with van der Waals surface area (Å²) in [5.74, 6) is 0.0485. The third-order valence-corrected chi connectivity index (χ3v) is 5.38. The van der Waals surface area contributed by atoms with Gasteiger partial charge in [-0.2, -0.15) is 13.2 Å². The summed E-state index contributed by atoms with van der Waals surface area (Å²) in [6.45, 7) is 0.764. The zero-order chi connectivity index (χ0) is 23.9. The van der Waals surface area contributed by atoms with Gasteiger partial charge in [-0.05, 0) is 48.5 Å². The van der Waals surface area contributed by atoms with Crippen LogP contribution in [0.4, 0.5) is 29.6 Å². The number of halogens is 3. The number of carbonyl (C=O) groups is 2. The summed E-state index contributed by atoms with van der Waals surface area (Å²) in [6, 6.07) is 13.0. The zero-order valence-corrected chi connectivity index (χ0v) is 17.5. The van der Waals surface area contributed by atoms with Crippen LogP contribution in [-0.4, -0.2) is 34.7 Å². The van der Waals surface area contributed by atoms with Crippen LogP contribution in [0.25, 0.3) is 11.0 Å². The molecule has 0 radical (unpaired) electrons. The van der Waals surface area contributed by atoms with Gasteiger partial charge >= 0.3 is 12.3 Å². The lowest BCUT2D eigenvalue weighted by Crippen LogP contribution is -2.24. The summed E-state index contributed by atoms with van der Waals surface area (Å²) < 4.78 is 51.5. The second kappa shape index (κ2) is 8.25. The largest absolute Gasteiger partial charge is 0.467 e. The molecule has 0 aliphatic carbocycles. The van der Waals surface area contributed by atoms with E-state index in [-0.39, 0.29) is 30.2 Å². The number of cyclic esters (lactones) is 1. The number of ether oxygens (including phenoxy) is 1. The van der Waals surface area contributed by atoms with Crippen molar-refractivity contribution in [3.05, 3.63) is 77.7 Å². The van der Waals surface area contributed by atoms with Crippen molar-refractivity contribution in [2.75, 3.05) is 23.4 Å². The van der Waals surface area contributed by atoms with E-state index in [0.717, 1.165) is 12.1 Å². The van der Waals surface area contributed by atoms with Crippen LogP contribution in [0, 0.1) is 0 Å². The van der Waals surface area contributed by atoms with Crippen LogP contribution in [-0.2, 0) is 17.5 Å². The molecule has 3 heterocycles. The van der Waals surface area contributed by atoms with Crippen molar-refractivity contribution >= 4 is 34.7 Å². The van der Waals surface area contributed by atoms with Gasteiger partial charge in [0.2, 0.25) is 5.95 Å². The van der Waals surface area contributed by atoms with Crippen LogP contribution in [0.5, 0.6) is 0 Å². The number of hydrogen-bond donors (Lipinski definition) is 1. The zero-order valence-electron chi connectivity index (χ0n) is 17.5. The summed E-state index contributed by atoms with van der Waals surface area (Å²) in [5.41, 5.74) is 0.364. The van der Waals surface area contributed by atoms with Gasteiger partial charge in [0.05, 0.1) is 35.9 Å². The Labute approximate surface area is 190 Å². The number of amides is 2. The summed E-state index contributed by atoms with van der Waals surface area (Å²) in [7, 11) is 0. The highest BCUT2D eigenvalue weighted by atomic mass is 19.4. The third-order valence-electron chi connectivity index (χ3n) is 5.38. The Bertz CT molecular complexity index is 1380. The lowest BCUT2D eigenvalue weighted by molar-refractivity contribution is -0.137. The molecule has 0 saturated carbocycles. The van der Waals surface area contributed by atoms with Crippen LogP contribution < -0.4 is 10.2 Å². The molecule has 1 N–H and O–H groups in total. The van der Waals surface area contributed by atoms with Gasteiger partial charge in [0.15, 0.2) is 0 Å². The Hall–Kier alpha value is -4.28. The molecule has 8 nitrogen and oxygen atoms in total. The summed E-state index contributed by atoms with van der Waals surface area (Å²) in [6.07, 6.45) is -3.55. The van der Waals surface area contributed by atoms with Crippen molar-refractivity contribution < 1.29 is 31.9 Å². The minimum atomic E-state index is -4.53. The van der Waals surface area contributed by atoms with E-state index in [2.05, 4.69) is 10.3 Å². The van der Waals surface area contributed by atoms with E-state index in [4.69, 9.17) is 9.15 Å². The molecule has 1 aliphatic heterocycles. The molecule has 1 fully saturated rings. The normalized spacial score (nSPS) is 14.0. The van der Waals surface area contributed by atoms with Crippen LogP contribution in [0.15, 0.2) is 65.3 Å². The number of hydrogen-bond acceptors (Lipinski definition) is 5. The molecule has 174 valence electrons. The fourth-order valence-electron chi connectivity index (χ4n) is 3.74. The number of nitrogens with one attached hydrogen (secondary N) is 1. The number of aromatic nitrogens is 2. The van der Waals surface area contributed by atoms with Crippen molar-refractivity contribution in [2.45, 2.75) is 12.7 Å². The Balaban J connectivity index is 1.50. The summed E-state index contributed by atoms with van der Waals surface area (Å²) in [5, 5.41) is 2.67. The molecule has 5 rings (SSSR count). The molecule has 34 heavy (non-hydrogen) atoms. The molecular weight excluding hydrogens is 453 g/mol. The molecule has 0 atom stereocenters. The van der Waals surface area contributed by atoms with Crippen LogP contribution >= 0.6 is 0 Å². The second-order valence-electron chi connectivity index (χ2n) is 7.57. The quantitative estimate of drug-likeness (QED) is 0.448. The monoisotopic (exact) mass is 470 g/mol. The standard InChI is InChI=1S/C23H17F3N4O4/c24-23(25,26)15-6-7-19-18(12-15)27-21(30(19)13-17-5-2-9-33-17)28-20(31)14-3-1-4-16(11-14)29-8-10-34-22(29)32/h1-7,9,11-12H,8,10,13H2,(H,27,28,31). The van der Waals surface area contributed by atoms with Crippen molar-refractivity contribution in [2.24, 2.45) is 0 Å². The molecular formula is C23H17F3N4O4. The number of imidazole rings is 1. The summed E-state index contributed by atoms with van der Waals surface area (Å²) >= 11 is 0. The molecule has 2 aromatic carbocycles. The Morgan fingerprint density at radius 3 is 2.68 bits per heavy atom. The number of furan rings is 1. The topological polar surface area (TPSA) is 89.6 Å². The fourth-order valence-corrected chi connectivity index (χ4v) is 3.74. The van der Waals surface area contributed by atoms with Crippen molar-refractivity contribution in [1.82, 2.24) is 9.55 Å². The molecule has 0 spiro atoms. The molecule has 1 saturated heterocycles. The van der Waals surface area contributed by atoms with Gasteiger partial charge in [0, 0.05) is 11.3 Å². The van der Waals surface area contributed by atoms with Gasteiger partial charge in [0.25, 0.3) is 5.91 Å². The van der Waals surface area contributed by atoms with Gasteiger partial charge < -0.3 is 13.7 Å². The molecule has 4 aromatic rings. The Kier molecular flexibility index (Phi) is 5.23. The van der Waals surface area contributed by atoms with E-state index in [9.17, 15) is 22.8 Å². The van der Waals surface area contributed by atoms with Crippen molar-refractivity contribution in [3.8, 4) is 0 Å². The van der Waals surface area contributed by atoms with Gasteiger partial charge in [-0.15, -0.1) is 0 Å². The van der Waals surface area contributed by atoms with Gasteiger partial charge in [-0.1, -0.05) is 6.07 Å². The molecule has 0 unspecified atom stereocenters. The third kappa shape index (κ3) is 4.07. The van der Waals surface area contributed by atoms with E-state index in [0.29, 0.717) is 23.5 Å². The Morgan fingerprint density at radius 1 is 1.12 bits per heavy atom. The maximum atomic E-state index is 13.2. The maximum absolute atomic E-state index is 13.2. The number of carbonyl (C=O) groups excluding carboxylic acids is 2. The Morgan fingerprint density at radius 2 is 1.97 bits per heavy atom. The molecule has 1 aliphatic rings. The predicted octanol–water partition coefficient (Wildman–Crippen LogP) is 4.91. The van der Waals surface area contributed by atoms with E-state index < -0.39 is 23.7 Å². The van der Waals surface area contributed by atoms with Crippen LogP contribution in [0.2, 0.25) is 0 Å². The van der Waals surface area contributed by atoms with E-state index in [1.54, 1.807) is 34.9 Å². The molecule has 11 heteroatoms. The highest BCUT2D eigenvalue weighted by molar-refractivity contribution is 6.05. The second-order valence-corrected chi connectivity index (χ2v) is 7.57. The average molecular weight is 470 g/mol. The predicted molar refractivity (Wildman–Crippen MR) is 116 cm³/mol. The first-order valence-electron chi connectivity index (χ1n) is 10.3. The minimum Gasteiger partial charge on any atom is -0.467 e. The highest BCUT2D eigenvalue weighted by Gasteiger charge is 2.31. The molecule has 2 amide bonds. The lowest BCUT2D eigenvalue weighted by Gasteiger charge is -2.14. The number of nitrogens with zero attached hydrogens (tertiary/aromatic N) is 3. The maximum Gasteiger partial charge on any atom is 0.416 e. The smallest absolute Gasteiger partial charge is 0.416 e. The number of rotatable bonds is 5. The average Bonchev–Trinajstić information content (AvgIpc) is 3.54. The fraction of sp³-hybridized carbons (Fsp3) is 0.174. The van der Waals surface area contributed by atoms with E-state index in [1.807, 2.05) is 0 Å². The number of fused-ring (bicyclic) bond motifs is 1. The number of alkyl halides is 3. The van der Waals surface area contributed by atoms with E-state index >= 15 is 0 Å². The van der Waals surface area contributed by atoms with Crippen molar-refractivity contribution in [1.29, 1.82) is 0 Å². The number of anilines is 2. The van der Waals surface area contributed by atoms with Gasteiger partial charge in [-0.3, -0.25) is 15.0 Å². The molecule has 2 aromatic heterocycles. The molecule has 0 bridgehead atoms. The van der Waals surface area contributed by atoms with Gasteiger partial charge in [-0.25, -0.2) is 9.78 Å². The summed E-state index contributed by atoms with van der Waals surface area (Å²) in [4.78, 5) is 30.5. The van der Waals surface area contributed by atoms with E-state index in [1.165, 1.54) is 23.3 Å². The van der Waals surface area contributed by atoms with Crippen molar-refractivity contribution in [3.63, 3.8) is 0 Å². The SMILES string of the molecule is O=C(Nc1nc2cc(C(F)(F)F)ccc2n1Cc1ccco1)c1cccc(N2CCOC2=O)c1.